The van der Waals surface area contributed by atoms with E-state index >= 15 is 0 Å². The molecule has 0 saturated heterocycles. The normalized spacial score (nSPS) is 12.5. The van der Waals surface area contributed by atoms with Gasteiger partial charge in [-0.3, -0.25) is 14.4 Å². The largest absolute Gasteiger partial charge is 0.462 e. The topological polar surface area (TPSA) is 78.9 Å². The molecule has 83 heavy (non-hydrogen) atoms. The van der Waals surface area contributed by atoms with Crippen LogP contribution in [0.2, 0.25) is 0 Å². The Kier molecular flexibility index (Phi) is 68.6. The molecule has 0 spiro atoms. The second kappa shape index (κ2) is 71.3. The first-order chi connectivity index (χ1) is 41.0. The average Bonchev–Trinajstić information content (AvgIpc) is 3.50. The van der Waals surface area contributed by atoms with E-state index in [2.05, 4.69) is 93.7 Å². The van der Waals surface area contributed by atoms with E-state index in [9.17, 15) is 14.4 Å². The van der Waals surface area contributed by atoms with Crippen LogP contribution in [0.15, 0.2) is 72.9 Å². The van der Waals surface area contributed by atoms with Crippen LogP contribution in [0.3, 0.4) is 0 Å². The van der Waals surface area contributed by atoms with Crippen LogP contribution in [-0.2, 0) is 28.6 Å². The monoisotopic (exact) mass is 1160 g/mol. The minimum Gasteiger partial charge on any atom is -0.462 e. The molecule has 6 nitrogen and oxygen atoms in total. The second-order valence-corrected chi connectivity index (χ2v) is 24.5. The first-order valence-corrected chi connectivity index (χ1v) is 36.4. The van der Waals surface area contributed by atoms with Crippen molar-refractivity contribution in [2.75, 3.05) is 13.2 Å². The third-order valence-electron chi connectivity index (χ3n) is 16.2. The van der Waals surface area contributed by atoms with Gasteiger partial charge in [0.1, 0.15) is 13.2 Å². The Morgan fingerprint density at radius 2 is 0.470 bits per heavy atom. The fourth-order valence-corrected chi connectivity index (χ4v) is 10.8. The predicted octanol–water partition coefficient (Wildman–Crippen LogP) is 25.2. The van der Waals surface area contributed by atoms with Crippen LogP contribution in [-0.4, -0.2) is 37.2 Å². The lowest BCUT2D eigenvalue weighted by Crippen LogP contribution is -2.30. The van der Waals surface area contributed by atoms with Crippen LogP contribution in [0.4, 0.5) is 0 Å². The quantitative estimate of drug-likeness (QED) is 0.0261. The third-order valence-corrected chi connectivity index (χ3v) is 16.2. The summed E-state index contributed by atoms with van der Waals surface area (Å²) in [5.74, 6) is -0.906. The fraction of sp³-hybridized carbons (Fsp3) is 0.805. The van der Waals surface area contributed by atoms with E-state index in [0.717, 1.165) is 89.9 Å². The highest BCUT2D eigenvalue weighted by Gasteiger charge is 2.19. The van der Waals surface area contributed by atoms with E-state index in [-0.39, 0.29) is 37.5 Å². The van der Waals surface area contributed by atoms with Gasteiger partial charge in [0.2, 0.25) is 0 Å². The van der Waals surface area contributed by atoms with Gasteiger partial charge in [-0.05, 0) is 70.6 Å². The first-order valence-electron chi connectivity index (χ1n) is 36.4. The summed E-state index contributed by atoms with van der Waals surface area (Å²) in [6.07, 6.45) is 93.7. The van der Waals surface area contributed by atoms with Gasteiger partial charge < -0.3 is 14.2 Å². The highest BCUT2D eigenvalue weighted by molar-refractivity contribution is 5.71. The lowest BCUT2D eigenvalue weighted by Gasteiger charge is -2.18. The molecule has 0 fully saturated rings. The standard InChI is InChI=1S/C77H138O6/c1-4-7-10-13-16-19-22-25-28-31-34-36-37-38-39-41-43-46-49-52-55-58-61-64-67-70-76(79)82-73-74(72-81-75(78)69-66-63-60-57-54-51-48-45-42-33-30-27-24-21-18-15-12-9-6-3)83-77(80)71-68-65-62-59-56-53-50-47-44-40-35-32-29-26-23-20-17-14-11-8-5-2/h8,11,17,20,26,29,35,40,47,50,56,59,74H,4-7,9-10,12-16,18-19,21-25,27-28,30-34,36-39,41-46,48-49,51-55,57-58,60-73H2,1-3H3/b11-8-,20-17-,29-26-,40-35-,50-47-,59-56-. The fourth-order valence-electron chi connectivity index (χ4n) is 10.8. The van der Waals surface area contributed by atoms with Gasteiger partial charge in [-0.2, -0.15) is 0 Å². The molecule has 1 atom stereocenters. The molecule has 0 aliphatic heterocycles. The number of allylic oxidation sites excluding steroid dienone is 12. The maximum Gasteiger partial charge on any atom is 0.306 e. The Morgan fingerprint density at radius 1 is 0.253 bits per heavy atom. The van der Waals surface area contributed by atoms with E-state index in [4.69, 9.17) is 14.2 Å². The Hall–Kier alpha value is -3.15. The summed E-state index contributed by atoms with van der Waals surface area (Å²) in [6.45, 7) is 6.57. The summed E-state index contributed by atoms with van der Waals surface area (Å²) in [4.78, 5) is 38.5. The Labute approximate surface area is 516 Å². The van der Waals surface area contributed by atoms with Crippen molar-refractivity contribution in [2.24, 2.45) is 0 Å². The molecule has 0 radical (unpaired) electrons. The van der Waals surface area contributed by atoms with Crippen LogP contribution in [0.5, 0.6) is 0 Å². The number of ether oxygens (including phenoxy) is 3. The van der Waals surface area contributed by atoms with Crippen molar-refractivity contribution in [3.05, 3.63) is 72.9 Å². The van der Waals surface area contributed by atoms with E-state index in [1.807, 2.05) is 0 Å². The third kappa shape index (κ3) is 69.5. The van der Waals surface area contributed by atoms with Crippen molar-refractivity contribution < 1.29 is 28.6 Å². The Bertz CT molecular complexity index is 1520. The van der Waals surface area contributed by atoms with Crippen molar-refractivity contribution in [1.29, 1.82) is 0 Å². The number of carbonyl (C=O) groups is 3. The van der Waals surface area contributed by atoms with Crippen molar-refractivity contribution in [2.45, 2.75) is 386 Å². The number of unbranched alkanes of at least 4 members (excludes halogenated alkanes) is 44. The molecular formula is C77H138O6. The van der Waals surface area contributed by atoms with Gasteiger partial charge in [0, 0.05) is 19.3 Å². The molecule has 0 saturated carbocycles. The maximum absolute atomic E-state index is 13.0. The average molecular weight is 1160 g/mol. The van der Waals surface area contributed by atoms with Crippen LogP contribution in [0, 0.1) is 0 Å². The molecule has 0 amide bonds. The smallest absolute Gasteiger partial charge is 0.306 e. The Morgan fingerprint density at radius 3 is 0.735 bits per heavy atom. The highest BCUT2D eigenvalue weighted by Crippen LogP contribution is 2.19. The summed E-state index contributed by atoms with van der Waals surface area (Å²) in [5.41, 5.74) is 0. The van der Waals surface area contributed by atoms with Gasteiger partial charge in [0.25, 0.3) is 0 Å². The molecule has 0 aliphatic carbocycles. The molecule has 0 aromatic heterocycles. The zero-order chi connectivity index (χ0) is 59.9. The predicted molar refractivity (Wildman–Crippen MR) is 362 cm³/mol. The molecular weight excluding hydrogens is 1020 g/mol. The summed E-state index contributed by atoms with van der Waals surface area (Å²) in [6, 6.07) is 0. The van der Waals surface area contributed by atoms with Gasteiger partial charge in [-0.25, -0.2) is 0 Å². The maximum atomic E-state index is 13.0. The minimum absolute atomic E-state index is 0.0882. The van der Waals surface area contributed by atoms with E-state index in [1.165, 1.54) is 244 Å². The zero-order valence-electron chi connectivity index (χ0n) is 55.5. The molecule has 0 N–H and O–H groups in total. The van der Waals surface area contributed by atoms with Crippen LogP contribution in [0.25, 0.3) is 0 Å². The summed E-state index contributed by atoms with van der Waals surface area (Å²) in [7, 11) is 0. The van der Waals surface area contributed by atoms with Crippen molar-refractivity contribution in [1.82, 2.24) is 0 Å². The molecule has 0 aliphatic rings. The number of hydrogen-bond donors (Lipinski definition) is 0. The molecule has 0 heterocycles. The lowest BCUT2D eigenvalue weighted by molar-refractivity contribution is -0.167. The van der Waals surface area contributed by atoms with Gasteiger partial charge in [0.15, 0.2) is 6.10 Å². The van der Waals surface area contributed by atoms with Gasteiger partial charge in [0.05, 0.1) is 0 Å². The van der Waals surface area contributed by atoms with Crippen LogP contribution in [0.1, 0.15) is 380 Å². The summed E-state index contributed by atoms with van der Waals surface area (Å²) >= 11 is 0. The molecule has 0 rings (SSSR count). The zero-order valence-corrected chi connectivity index (χ0v) is 55.5. The van der Waals surface area contributed by atoms with Gasteiger partial charge in [-0.1, -0.05) is 363 Å². The second-order valence-electron chi connectivity index (χ2n) is 24.5. The SMILES string of the molecule is CC/C=C\C/C=C\C/C=C\C/C=C\C/C=C\C/C=C\CCCCC(=O)OC(COC(=O)CCCCCCCCCCCCCCCCCCCCC)COC(=O)CCCCCCCCCCCCCCCCCCCCCCCCCCC. The van der Waals surface area contributed by atoms with Crippen molar-refractivity contribution in [3.63, 3.8) is 0 Å². The summed E-state index contributed by atoms with van der Waals surface area (Å²) < 4.78 is 17.0. The number of hydrogen-bond acceptors (Lipinski definition) is 6. The first kappa shape index (κ1) is 79.8. The van der Waals surface area contributed by atoms with E-state index in [1.54, 1.807) is 0 Å². The molecule has 1 unspecified atom stereocenters. The number of rotatable bonds is 67. The van der Waals surface area contributed by atoms with Crippen molar-refractivity contribution >= 4 is 17.9 Å². The van der Waals surface area contributed by atoms with Crippen LogP contribution < -0.4 is 0 Å². The highest BCUT2D eigenvalue weighted by atomic mass is 16.6. The molecule has 482 valence electrons. The summed E-state index contributed by atoms with van der Waals surface area (Å²) in [5, 5.41) is 0. The molecule has 0 aromatic carbocycles. The number of carbonyl (C=O) groups excluding carboxylic acids is 3. The van der Waals surface area contributed by atoms with Crippen molar-refractivity contribution in [3.8, 4) is 0 Å². The van der Waals surface area contributed by atoms with Crippen LogP contribution >= 0.6 is 0 Å². The van der Waals surface area contributed by atoms with Gasteiger partial charge in [-0.15, -0.1) is 0 Å². The molecule has 0 aromatic rings. The van der Waals surface area contributed by atoms with Gasteiger partial charge >= 0.3 is 17.9 Å². The lowest BCUT2D eigenvalue weighted by atomic mass is 10.0. The molecule has 6 heteroatoms. The molecule has 0 bridgehead atoms. The minimum atomic E-state index is -0.798. The van der Waals surface area contributed by atoms with E-state index < -0.39 is 6.10 Å². The van der Waals surface area contributed by atoms with E-state index in [0.29, 0.717) is 19.3 Å². The Balaban J connectivity index is 4.37. The number of esters is 3.